The van der Waals surface area contributed by atoms with Gasteiger partial charge in [0.05, 0.1) is 11.6 Å². The third-order valence-corrected chi connectivity index (χ3v) is 9.89. The zero-order chi connectivity index (χ0) is 36.2. The van der Waals surface area contributed by atoms with E-state index in [1.54, 1.807) is 7.11 Å². The van der Waals surface area contributed by atoms with E-state index in [1.165, 1.54) is 12.5 Å². The SMILES string of the molecule is COCCCC(c1ccc2c(C)[nH]nc2c1)[C@@H](C[C@H](N)[C@@H](O)C[C@H](C(=O)NC1CCC(OC(=O)OC(C)O[N+](=O)[O-])CC1)C(C)C)C(C)C. The fraction of sp³-hybridized carbons (Fsp3) is 0.743. The van der Waals surface area contributed by atoms with E-state index in [2.05, 4.69) is 52.4 Å². The van der Waals surface area contributed by atoms with Crippen molar-refractivity contribution >= 4 is 23.0 Å². The van der Waals surface area contributed by atoms with Gasteiger partial charge in [0, 0.05) is 42.8 Å². The van der Waals surface area contributed by atoms with Crippen molar-refractivity contribution in [2.45, 2.75) is 129 Å². The lowest BCUT2D eigenvalue weighted by atomic mass is 9.72. The topological polar surface area (TPSA) is 201 Å². The van der Waals surface area contributed by atoms with E-state index in [1.807, 2.05) is 20.8 Å². The van der Waals surface area contributed by atoms with Crippen LogP contribution in [0.1, 0.15) is 103 Å². The van der Waals surface area contributed by atoms with Crippen LogP contribution in [0.25, 0.3) is 10.9 Å². The molecule has 1 aliphatic carbocycles. The number of hydrogen-bond donors (Lipinski definition) is 4. The second-order valence-corrected chi connectivity index (χ2v) is 14.2. The summed E-state index contributed by atoms with van der Waals surface area (Å²) in [4.78, 5) is 40.0. The van der Waals surface area contributed by atoms with Crippen LogP contribution in [0.4, 0.5) is 4.79 Å². The molecule has 0 spiro atoms. The molecule has 1 aromatic carbocycles. The predicted molar refractivity (Wildman–Crippen MR) is 184 cm³/mol. The molecule has 14 nitrogen and oxygen atoms in total. The van der Waals surface area contributed by atoms with Crippen LogP contribution in [0, 0.1) is 40.7 Å². The Labute approximate surface area is 289 Å². The molecule has 2 aromatic rings. The number of aryl methyl sites for hydroxylation is 1. The van der Waals surface area contributed by atoms with Gasteiger partial charge < -0.3 is 30.4 Å². The third kappa shape index (κ3) is 12.1. The Balaban J connectivity index is 1.59. The molecule has 0 radical (unpaired) electrons. The van der Waals surface area contributed by atoms with Gasteiger partial charge in [0.2, 0.25) is 12.2 Å². The minimum atomic E-state index is -1.38. The highest BCUT2D eigenvalue weighted by atomic mass is 17.0. The van der Waals surface area contributed by atoms with Gasteiger partial charge in [-0.05, 0) is 101 Å². The molecule has 1 saturated carbocycles. The summed E-state index contributed by atoms with van der Waals surface area (Å²) < 4.78 is 15.4. The smallest absolute Gasteiger partial charge is 0.431 e. The lowest BCUT2D eigenvalue weighted by molar-refractivity contribution is -0.777. The number of nitrogens with two attached hydrogens (primary N) is 1. The maximum Gasteiger partial charge on any atom is 0.510 e. The number of fused-ring (bicyclic) bond motifs is 1. The molecule has 2 unspecified atom stereocenters. The quantitative estimate of drug-likeness (QED) is 0.0474. The summed E-state index contributed by atoms with van der Waals surface area (Å²) in [5, 5.41) is 32.6. The van der Waals surface area contributed by atoms with Crippen LogP contribution in [0.2, 0.25) is 0 Å². The molecule has 3 rings (SSSR count). The molecule has 276 valence electrons. The maximum absolute atomic E-state index is 13.5. The standard InChI is InChI=1S/C35H57N5O9/c1-20(2)29(28(9-8-16-46-7)24-10-15-27-22(5)38-39-32(27)17-24)18-31(36)33(41)19-30(21(3)4)34(42)37-25-11-13-26(14-12-25)48-35(43)47-23(6)49-40(44)45/h10,15,17,20-21,23,25-26,28-31,33,41H,8-9,11-14,16,18-19,36H2,1-7H3,(H,37,42)(H,38,39)/t23?,25?,26?,28?,29-,30-,31-,33-/m0/s1. The van der Waals surface area contributed by atoms with Gasteiger partial charge in [0.15, 0.2) is 0 Å². The number of benzene rings is 1. The molecular weight excluding hydrogens is 634 g/mol. The Morgan fingerprint density at radius 3 is 2.43 bits per heavy atom. The van der Waals surface area contributed by atoms with Crippen LogP contribution in [0.5, 0.6) is 0 Å². The molecule has 1 fully saturated rings. The molecule has 0 aliphatic heterocycles. The zero-order valence-corrected chi connectivity index (χ0v) is 30.1. The van der Waals surface area contributed by atoms with Crippen molar-refractivity contribution in [3.8, 4) is 0 Å². The molecule has 0 bridgehead atoms. The number of methoxy groups -OCH3 is 1. The fourth-order valence-corrected chi connectivity index (χ4v) is 7.03. The van der Waals surface area contributed by atoms with E-state index in [0.29, 0.717) is 44.6 Å². The van der Waals surface area contributed by atoms with Crippen molar-refractivity contribution in [3.63, 3.8) is 0 Å². The highest BCUT2D eigenvalue weighted by Crippen LogP contribution is 2.39. The number of carbonyl (C=O) groups excluding carboxylic acids is 2. The molecule has 1 heterocycles. The first kappa shape index (κ1) is 39.9. The number of aromatic amines is 1. The molecule has 1 amide bonds. The largest absolute Gasteiger partial charge is 0.510 e. The molecule has 1 aliphatic rings. The summed E-state index contributed by atoms with van der Waals surface area (Å²) in [6, 6.07) is 5.83. The van der Waals surface area contributed by atoms with Crippen molar-refractivity contribution in [2.24, 2.45) is 29.4 Å². The number of nitrogens with zero attached hydrogens (tertiary/aromatic N) is 2. The first-order chi connectivity index (χ1) is 23.2. The van der Waals surface area contributed by atoms with E-state index in [-0.39, 0.29) is 36.1 Å². The van der Waals surface area contributed by atoms with Crippen molar-refractivity contribution in [1.82, 2.24) is 15.5 Å². The summed E-state index contributed by atoms with van der Waals surface area (Å²) in [5.41, 5.74) is 9.91. The van der Waals surface area contributed by atoms with Gasteiger partial charge in [-0.25, -0.2) is 4.79 Å². The van der Waals surface area contributed by atoms with Crippen LogP contribution in [-0.2, 0) is 23.8 Å². The van der Waals surface area contributed by atoms with Crippen molar-refractivity contribution in [2.75, 3.05) is 13.7 Å². The van der Waals surface area contributed by atoms with Crippen LogP contribution in [0.3, 0.4) is 0 Å². The van der Waals surface area contributed by atoms with Gasteiger partial charge in [0.25, 0.3) is 5.09 Å². The summed E-state index contributed by atoms with van der Waals surface area (Å²) in [6.07, 6.45) is 1.11. The summed E-state index contributed by atoms with van der Waals surface area (Å²) in [5.74, 6) is 0.0860. The highest BCUT2D eigenvalue weighted by Gasteiger charge is 2.34. The first-order valence-electron chi connectivity index (χ1n) is 17.6. The number of amides is 1. The molecule has 5 N–H and O–H groups in total. The molecule has 0 saturated heterocycles. The number of aromatic nitrogens is 2. The van der Waals surface area contributed by atoms with Crippen molar-refractivity contribution in [1.29, 1.82) is 0 Å². The maximum atomic E-state index is 13.5. The Kier molecular flexibility index (Phi) is 15.5. The molecule has 49 heavy (non-hydrogen) atoms. The average Bonchev–Trinajstić information content (AvgIpc) is 3.40. The van der Waals surface area contributed by atoms with Gasteiger partial charge in [-0.3, -0.25) is 14.7 Å². The van der Waals surface area contributed by atoms with E-state index >= 15 is 0 Å². The van der Waals surface area contributed by atoms with E-state index in [4.69, 9.17) is 19.9 Å². The molecule has 1 aromatic heterocycles. The second kappa shape index (κ2) is 19.0. The van der Waals surface area contributed by atoms with Crippen molar-refractivity contribution in [3.05, 3.63) is 39.6 Å². The van der Waals surface area contributed by atoms with Gasteiger partial charge in [-0.15, -0.1) is 10.1 Å². The van der Waals surface area contributed by atoms with E-state index in [0.717, 1.165) is 29.4 Å². The van der Waals surface area contributed by atoms with Crippen molar-refractivity contribution < 1.29 is 38.8 Å². The lowest BCUT2D eigenvalue weighted by Gasteiger charge is -2.35. The average molecular weight is 692 g/mol. The number of rotatable bonds is 19. The Morgan fingerprint density at radius 1 is 1.12 bits per heavy atom. The van der Waals surface area contributed by atoms with E-state index in [9.17, 15) is 24.8 Å². The number of ether oxygens (including phenoxy) is 3. The number of hydrogen-bond acceptors (Lipinski definition) is 11. The Morgan fingerprint density at radius 2 is 1.82 bits per heavy atom. The zero-order valence-electron chi connectivity index (χ0n) is 30.1. The summed E-state index contributed by atoms with van der Waals surface area (Å²) in [7, 11) is 1.71. The highest BCUT2D eigenvalue weighted by molar-refractivity contribution is 5.82. The second-order valence-electron chi connectivity index (χ2n) is 14.2. The predicted octanol–water partition coefficient (Wildman–Crippen LogP) is 5.53. The normalized spacial score (nSPS) is 20.3. The molecule has 6 atom stereocenters. The number of aliphatic hydroxyl groups is 1. The minimum Gasteiger partial charge on any atom is -0.431 e. The number of H-pyrrole nitrogens is 1. The van der Waals surface area contributed by atoms with Crippen LogP contribution >= 0.6 is 0 Å². The van der Waals surface area contributed by atoms with Crippen LogP contribution < -0.4 is 11.1 Å². The third-order valence-electron chi connectivity index (χ3n) is 9.89. The minimum absolute atomic E-state index is 0.0219. The lowest BCUT2D eigenvalue weighted by Crippen LogP contribution is -2.46. The van der Waals surface area contributed by atoms with Gasteiger partial charge in [0.1, 0.15) is 6.10 Å². The van der Waals surface area contributed by atoms with E-state index < -0.39 is 41.7 Å². The first-order valence-corrected chi connectivity index (χ1v) is 17.6. The summed E-state index contributed by atoms with van der Waals surface area (Å²) >= 11 is 0. The number of aliphatic hydroxyl groups excluding tert-OH is 1. The molecule has 14 heteroatoms. The number of nitrogens with one attached hydrogen (secondary N) is 2. The Bertz CT molecular complexity index is 1340. The Hall–Kier alpha value is -3.49. The van der Waals surface area contributed by atoms with Gasteiger partial charge >= 0.3 is 6.16 Å². The number of carbonyl (C=O) groups is 2. The van der Waals surface area contributed by atoms with Gasteiger partial charge in [-0.1, -0.05) is 39.8 Å². The van der Waals surface area contributed by atoms with Crippen LogP contribution in [0.15, 0.2) is 18.2 Å². The molecular formula is C35H57N5O9. The summed E-state index contributed by atoms with van der Waals surface area (Å²) in [6.45, 7) is 12.2. The van der Waals surface area contributed by atoms with Gasteiger partial charge in [-0.2, -0.15) is 5.10 Å². The van der Waals surface area contributed by atoms with Crippen LogP contribution in [-0.4, -0.2) is 76.8 Å². The monoisotopic (exact) mass is 691 g/mol. The fourth-order valence-electron chi connectivity index (χ4n) is 7.03.